The Labute approximate surface area is 165 Å². The average molecular weight is 397 g/mol. The number of nitrogens with zero attached hydrogens (tertiary/aromatic N) is 3. The molecular formula is C20H15ClN3O2S. The van der Waals surface area contributed by atoms with Crippen LogP contribution < -0.4 is 9.47 Å². The van der Waals surface area contributed by atoms with Gasteiger partial charge in [-0.15, -0.1) is 11.3 Å². The number of pyridine rings is 1. The van der Waals surface area contributed by atoms with E-state index in [0.29, 0.717) is 22.5 Å². The van der Waals surface area contributed by atoms with Crippen molar-refractivity contribution in [2.45, 2.75) is 5.92 Å². The minimum absolute atomic E-state index is 0.174. The molecule has 0 N–H and O–H groups in total. The van der Waals surface area contributed by atoms with E-state index in [1.165, 1.54) is 11.3 Å². The summed E-state index contributed by atoms with van der Waals surface area (Å²) in [6, 6.07) is 13.0. The summed E-state index contributed by atoms with van der Waals surface area (Å²) < 4.78 is 10.9. The summed E-state index contributed by atoms with van der Waals surface area (Å²) in [5, 5.41) is 3.39. The molecule has 0 amide bonds. The Bertz CT molecular complexity index is 1080. The van der Waals surface area contributed by atoms with Gasteiger partial charge in [0.15, 0.2) is 0 Å². The number of aromatic nitrogens is 3. The molecule has 4 rings (SSSR count). The molecule has 0 bridgehead atoms. The molecule has 1 atom stereocenters. The van der Waals surface area contributed by atoms with Gasteiger partial charge in [0.2, 0.25) is 11.8 Å². The van der Waals surface area contributed by atoms with Gasteiger partial charge in [-0.3, -0.25) is 0 Å². The van der Waals surface area contributed by atoms with Crippen LogP contribution in [0.15, 0.2) is 54.2 Å². The number of methoxy groups -OCH3 is 1. The second-order valence-electron chi connectivity index (χ2n) is 5.76. The van der Waals surface area contributed by atoms with Crippen molar-refractivity contribution in [3.8, 4) is 17.5 Å². The van der Waals surface area contributed by atoms with Gasteiger partial charge >= 0.3 is 0 Å². The molecule has 0 aliphatic carbocycles. The largest absolute Gasteiger partial charge is 0.481 e. The number of thiophene rings is 1. The lowest BCUT2D eigenvalue weighted by Crippen LogP contribution is -2.01. The Morgan fingerprint density at radius 1 is 1.07 bits per heavy atom. The summed E-state index contributed by atoms with van der Waals surface area (Å²) in [7, 11) is 1.57. The van der Waals surface area contributed by atoms with Gasteiger partial charge in [0.1, 0.15) is 16.9 Å². The van der Waals surface area contributed by atoms with E-state index in [-0.39, 0.29) is 5.92 Å². The predicted octanol–water partition coefficient (Wildman–Crippen LogP) is 5.51. The first kappa shape index (κ1) is 17.7. The Morgan fingerprint density at radius 3 is 2.63 bits per heavy atom. The van der Waals surface area contributed by atoms with Crippen LogP contribution in [0.5, 0.6) is 17.5 Å². The minimum Gasteiger partial charge on any atom is -0.481 e. The molecule has 3 aromatic heterocycles. The molecule has 0 aliphatic heterocycles. The topological polar surface area (TPSA) is 57.1 Å². The van der Waals surface area contributed by atoms with Crippen molar-refractivity contribution in [1.82, 2.24) is 15.0 Å². The van der Waals surface area contributed by atoms with E-state index in [9.17, 15) is 0 Å². The highest BCUT2D eigenvalue weighted by Crippen LogP contribution is 2.36. The number of hydrogen-bond donors (Lipinski definition) is 0. The average Bonchev–Trinajstić information content (AvgIpc) is 3.09. The fourth-order valence-corrected chi connectivity index (χ4v) is 3.89. The monoisotopic (exact) mass is 396 g/mol. The molecule has 1 radical (unpaired) electrons. The van der Waals surface area contributed by atoms with Crippen LogP contribution in [0.25, 0.3) is 10.2 Å². The van der Waals surface area contributed by atoms with Crippen LogP contribution in [0.3, 0.4) is 0 Å². The third kappa shape index (κ3) is 3.59. The molecule has 7 heteroatoms. The summed E-state index contributed by atoms with van der Waals surface area (Å²) in [5.41, 5.74) is 1.82. The molecule has 0 fully saturated rings. The molecule has 135 valence electrons. The lowest BCUT2D eigenvalue weighted by atomic mass is 9.96. The van der Waals surface area contributed by atoms with Crippen LogP contribution >= 0.6 is 22.9 Å². The van der Waals surface area contributed by atoms with Crippen LogP contribution in [0.4, 0.5) is 0 Å². The Balaban J connectivity index is 1.58. The molecule has 1 aromatic carbocycles. The first-order valence-electron chi connectivity index (χ1n) is 8.15. The van der Waals surface area contributed by atoms with Crippen molar-refractivity contribution in [3.05, 3.63) is 77.4 Å². The number of hydrogen-bond acceptors (Lipinski definition) is 6. The Hall–Kier alpha value is -2.70. The van der Waals surface area contributed by atoms with Gasteiger partial charge in [-0.2, -0.15) is 4.98 Å². The zero-order chi connectivity index (χ0) is 18.8. The van der Waals surface area contributed by atoms with Crippen LogP contribution in [-0.2, 0) is 0 Å². The van der Waals surface area contributed by atoms with E-state index in [2.05, 4.69) is 21.9 Å². The normalized spacial score (nSPS) is 12.1. The predicted molar refractivity (Wildman–Crippen MR) is 107 cm³/mol. The van der Waals surface area contributed by atoms with Crippen molar-refractivity contribution in [3.63, 3.8) is 0 Å². The lowest BCUT2D eigenvalue weighted by molar-refractivity contribution is 0.383. The maximum Gasteiger partial charge on any atom is 0.222 e. The molecule has 0 spiro atoms. The van der Waals surface area contributed by atoms with E-state index in [4.69, 9.17) is 21.1 Å². The maximum atomic E-state index is 6.31. The summed E-state index contributed by atoms with van der Waals surface area (Å²) in [6.45, 7) is 4.27. The molecule has 5 nitrogen and oxygen atoms in total. The number of ether oxygens (including phenoxy) is 2. The van der Waals surface area contributed by atoms with Crippen LogP contribution in [0.2, 0.25) is 5.02 Å². The zero-order valence-corrected chi connectivity index (χ0v) is 16.0. The lowest BCUT2D eigenvalue weighted by Gasteiger charge is -2.13. The maximum absolute atomic E-state index is 6.31. The van der Waals surface area contributed by atoms with Gasteiger partial charge in [-0.05, 0) is 24.6 Å². The van der Waals surface area contributed by atoms with Crippen LogP contribution in [0, 0.1) is 6.92 Å². The molecule has 0 aliphatic rings. The standard InChI is InChI=1S/C20H15ClN3O2S/c1-12(19-18-15(21)10-27-20(18)23-11-22-19)13-6-8-14(9-7-13)26-17-5-3-4-16(24-17)25-2/h3-12H,1H2,2H3. The molecule has 4 aromatic rings. The minimum atomic E-state index is -0.174. The summed E-state index contributed by atoms with van der Waals surface area (Å²) in [4.78, 5) is 13.8. The molecule has 0 saturated carbocycles. The molecular weight excluding hydrogens is 382 g/mol. The first-order valence-corrected chi connectivity index (χ1v) is 9.41. The van der Waals surface area contributed by atoms with Crippen LogP contribution in [0.1, 0.15) is 17.2 Å². The zero-order valence-electron chi connectivity index (χ0n) is 14.4. The van der Waals surface area contributed by atoms with Crippen molar-refractivity contribution < 1.29 is 9.47 Å². The van der Waals surface area contributed by atoms with Gasteiger partial charge in [0.05, 0.1) is 23.2 Å². The second-order valence-corrected chi connectivity index (χ2v) is 7.03. The number of benzene rings is 1. The van der Waals surface area contributed by atoms with E-state index in [1.54, 1.807) is 25.6 Å². The quantitative estimate of drug-likeness (QED) is 0.445. The van der Waals surface area contributed by atoms with E-state index in [1.807, 2.05) is 35.7 Å². The highest BCUT2D eigenvalue weighted by Gasteiger charge is 2.17. The van der Waals surface area contributed by atoms with Gasteiger partial charge in [0, 0.05) is 23.4 Å². The number of fused-ring (bicyclic) bond motifs is 1. The van der Waals surface area contributed by atoms with Gasteiger partial charge in [0.25, 0.3) is 0 Å². The SMILES string of the molecule is [CH2]C(c1ccc(Oc2cccc(OC)n2)cc1)c1ncnc2scc(Cl)c12. The van der Waals surface area contributed by atoms with Crippen molar-refractivity contribution in [2.24, 2.45) is 0 Å². The summed E-state index contributed by atoms with van der Waals surface area (Å²) in [5.74, 6) is 1.47. The van der Waals surface area contributed by atoms with E-state index >= 15 is 0 Å². The van der Waals surface area contributed by atoms with Crippen molar-refractivity contribution in [2.75, 3.05) is 7.11 Å². The van der Waals surface area contributed by atoms with Crippen molar-refractivity contribution in [1.29, 1.82) is 0 Å². The highest BCUT2D eigenvalue weighted by atomic mass is 35.5. The van der Waals surface area contributed by atoms with Gasteiger partial charge in [-0.1, -0.05) is 29.8 Å². The van der Waals surface area contributed by atoms with Gasteiger partial charge in [-0.25, -0.2) is 9.97 Å². The molecule has 3 heterocycles. The van der Waals surface area contributed by atoms with Crippen molar-refractivity contribution >= 4 is 33.2 Å². The van der Waals surface area contributed by atoms with E-state index in [0.717, 1.165) is 21.5 Å². The summed E-state index contributed by atoms with van der Waals surface area (Å²) in [6.07, 6.45) is 1.55. The molecule has 1 unspecified atom stereocenters. The van der Waals surface area contributed by atoms with E-state index < -0.39 is 0 Å². The second kappa shape index (κ2) is 7.50. The Morgan fingerprint density at radius 2 is 1.85 bits per heavy atom. The highest BCUT2D eigenvalue weighted by molar-refractivity contribution is 7.17. The first-order chi connectivity index (χ1) is 13.2. The summed E-state index contributed by atoms with van der Waals surface area (Å²) >= 11 is 7.81. The smallest absolute Gasteiger partial charge is 0.222 e. The molecule has 0 saturated heterocycles. The number of rotatable bonds is 5. The van der Waals surface area contributed by atoms with Crippen LogP contribution in [-0.4, -0.2) is 22.1 Å². The third-order valence-electron chi connectivity index (χ3n) is 4.10. The third-order valence-corrected chi connectivity index (χ3v) is 5.41. The Kier molecular flexibility index (Phi) is 4.92. The van der Waals surface area contributed by atoms with Gasteiger partial charge < -0.3 is 9.47 Å². The molecule has 27 heavy (non-hydrogen) atoms. The number of halogens is 1. The fourth-order valence-electron chi connectivity index (χ4n) is 2.74. The fraction of sp³-hybridized carbons (Fsp3) is 0.100.